The Morgan fingerprint density at radius 1 is 1.43 bits per heavy atom. The van der Waals surface area contributed by atoms with E-state index in [1.54, 1.807) is 24.0 Å². The Bertz CT molecular complexity index is 609. The SMILES string of the molecule is Cc1cc(C2CN(C(=O)C3CC(F)(F)CN3)CCO2)ccc1F. The molecule has 2 saturated heterocycles. The van der Waals surface area contributed by atoms with Crippen molar-refractivity contribution in [3.8, 4) is 0 Å². The number of amides is 1. The van der Waals surface area contributed by atoms with Gasteiger partial charge in [0.15, 0.2) is 0 Å². The lowest BCUT2D eigenvalue weighted by Crippen LogP contribution is -2.49. The van der Waals surface area contributed by atoms with E-state index in [9.17, 15) is 18.0 Å². The molecule has 23 heavy (non-hydrogen) atoms. The number of hydrogen-bond acceptors (Lipinski definition) is 3. The fraction of sp³-hybridized carbons (Fsp3) is 0.562. The molecule has 0 radical (unpaired) electrons. The van der Waals surface area contributed by atoms with Crippen LogP contribution in [0.5, 0.6) is 0 Å². The van der Waals surface area contributed by atoms with Crippen LogP contribution >= 0.6 is 0 Å². The number of carbonyl (C=O) groups excluding carboxylic acids is 1. The minimum Gasteiger partial charge on any atom is -0.370 e. The van der Waals surface area contributed by atoms with E-state index in [0.717, 1.165) is 5.56 Å². The van der Waals surface area contributed by atoms with Crippen molar-refractivity contribution < 1.29 is 22.7 Å². The van der Waals surface area contributed by atoms with E-state index in [-0.39, 0.29) is 24.4 Å². The molecule has 126 valence electrons. The molecule has 7 heteroatoms. The molecule has 2 fully saturated rings. The lowest BCUT2D eigenvalue weighted by Gasteiger charge is -2.34. The minimum absolute atomic E-state index is 0.285. The molecule has 1 N–H and O–H groups in total. The summed E-state index contributed by atoms with van der Waals surface area (Å²) in [6.45, 7) is 2.19. The monoisotopic (exact) mass is 328 g/mol. The lowest BCUT2D eigenvalue weighted by molar-refractivity contribution is -0.141. The number of halogens is 3. The highest BCUT2D eigenvalue weighted by molar-refractivity contribution is 5.82. The van der Waals surface area contributed by atoms with E-state index < -0.39 is 24.9 Å². The second-order valence-corrected chi connectivity index (χ2v) is 6.15. The van der Waals surface area contributed by atoms with Crippen molar-refractivity contribution in [1.82, 2.24) is 10.2 Å². The van der Waals surface area contributed by atoms with Gasteiger partial charge in [0.05, 0.1) is 25.7 Å². The van der Waals surface area contributed by atoms with Crippen LogP contribution in [0.3, 0.4) is 0 Å². The van der Waals surface area contributed by atoms with E-state index in [1.807, 2.05) is 0 Å². The van der Waals surface area contributed by atoms with Crippen molar-refractivity contribution in [3.63, 3.8) is 0 Å². The number of nitrogens with one attached hydrogen (secondary N) is 1. The first-order valence-electron chi connectivity index (χ1n) is 7.63. The number of alkyl halides is 2. The summed E-state index contributed by atoms with van der Waals surface area (Å²) in [5, 5.41) is 2.58. The predicted octanol–water partition coefficient (Wildman–Crippen LogP) is 2.03. The van der Waals surface area contributed by atoms with Crippen LogP contribution in [0.25, 0.3) is 0 Å². The van der Waals surface area contributed by atoms with Crippen LogP contribution in [-0.2, 0) is 9.53 Å². The van der Waals surface area contributed by atoms with Crippen LogP contribution in [-0.4, -0.2) is 49.0 Å². The van der Waals surface area contributed by atoms with Gasteiger partial charge in [0.1, 0.15) is 11.9 Å². The number of carbonyl (C=O) groups is 1. The molecule has 3 rings (SSSR count). The molecule has 4 nitrogen and oxygen atoms in total. The maximum Gasteiger partial charge on any atom is 0.262 e. The molecule has 2 unspecified atom stereocenters. The normalized spacial score (nSPS) is 27.2. The number of hydrogen-bond donors (Lipinski definition) is 1. The molecule has 0 aromatic heterocycles. The van der Waals surface area contributed by atoms with Gasteiger partial charge in [-0.25, -0.2) is 13.2 Å². The lowest BCUT2D eigenvalue weighted by atomic mass is 10.0. The van der Waals surface area contributed by atoms with Gasteiger partial charge in [0, 0.05) is 13.0 Å². The maximum absolute atomic E-state index is 13.4. The van der Waals surface area contributed by atoms with Gasteiger partial charge in [-0.15, -0.1) is 0 Å². The molecule has 2 aliphatic heterocycles. The summed E-state index contributed by atoms with van der Waals surface area (Å²) >= 11 is 0. The highest BCUT2D eigenvalue weighted by Crippen LogP contribution is 2.28. The minimum atomic E-state index is -2.83. The Hall–Kier alpha value is -1.60. The molecular formula is C16H19F3N2O2. The summed E-state index contributed by atoms with van der Waals surface area (Å²) < 4.78 is 45.5. The van der Waals surface area contributed by atoms with Crippen LogP contribution in [0.4, 0.5) is 13.2 Å². The number of benzene rings is 1. The van der Waals surface area contributed by atoms with Crippen LogP contribution in [0.2, 0.25) is 0 Å². The van der Waals surface area contributed by atoms with E-state index in [0.29, 0.717) is 18.7 Å². The molecule has 2 aliphatic rings. The van der Waals surface area contributed by atoms with Crippen LogP contribution in [0.15, 0.2) is 18.2 Å². The molecule has 1 aromatic rings. The fourth-order valence-corrected chi connectivity index (χ4v) is 3.03. The van der Waals surface area contributed by atoms with Gasteiger partial charge in [-0.1, -0.05) is 12.1 Å². The largest absolute Gasteiger partial charge is 0.370 e. The molecule has 0 spiro atoms. The second kappa shape index (κ2) is 6.13. The summed E-state index contributed by atoms with van der Waals surface area (Å²) in [7, 11) is 0. The van der Waals surface area contributed by atoms with Crippen molar-refractivity contribution in [2.75, 3.05) is 26.2 Å². The zero-order chi connectivity index (χ0) is 16.6. The molecule has 2 atom stereocenters. The third-order valence-corrected chi connectivity index (χ3v) is 4.34. The van der Waals surface area contributed by atoms with Gasteiger partial charge in [0.2, 0.25) is 5.91 Å². The summed E-state index contributed by atoms with van der Waals surface area (Å²) in [6, 6.07) is 3.84. The Balaban J connectivity index is 1.68. The standard InChI is InChI=1S/C16H19F3N2O2/c1-10-6-11(2-3-12(10)17)14-8-21(4-5-23-14)15(22)13-7-16(18,19)9-20-13/h2-3,6,13-14,20H,4-5,7-9H2,1H3. The van der Waals surface area contributed by atoms with Gasteiger partial charge < -0.3 is 9.64 Å². The van der Waals surface area contributed by atoms with Gasteiger partial charge in [-0.3, -0.25) is 10.1 Å². The Morgan fingerprint density at radius 3 is 2.87 bits per heavy atom. The van der Waals surface area contributed by atoms with Crippen molar-refractivity contribution >= 4 is 5.91 Å². The first-order valence-corrected chi connectivity index (χ1v) is 7.63. The second-order valence-electron chi connectivity index (χ2n) is 6.15. The van der Waals surface area contributed by atoms with Gasteiger partial charge in [0.25, 0.3) is 5.92 Å². The zero-order valence-corrected chi connectivity index (χ0v) is 12.8. The van der Waals surface area contributed by atoms with Gasteiger partial charge in [-0.05, 0) is 24.1 Å². The average Bonchev–Trinajstić information content (AvgIpc) is 2.89. The van der Waals surface area contributed by atoms with Crippen LogP contribution in [0, 0.1) is 12.7 Å². The zero-order valence-electron chi connectivity index (χ0n) is 12.8. The first-order chi connectivity index (χ1) is 10.9. The van der Waals surface area contributed by atoms with Gasteiger partial charge >= 0.3 is 0 Å². The quantitative estimate of drug-likeness (QED) is 0.903. The van der Waals surface area contributed by atoms with Crippen LogP contribution in [0.1, 0.15) is 23.7 Å². The third kappa shape index (κ3) is 3.50. The topological polar surface area (TPSA) is 41.6 Å². The highest BCUT2D eigenvalue weighted by Gasteiger charge is 2.44. The maximum atomic E-state index is 13.4. The molecular weight excluding hydrogens is 309 g/mol. The van der Waals surface area contributed by atoms with Crippen LogP contribution < -0.4 is 5.32 Å². The molecule has 2 heterocycles. The summed E-state index contributed by atoms with van der Waals surface area (Å²) in [5.41, 5.74) is 1.29. The highest BCUT2D eigenvalue weighted by atomic mass is 19.3. The first kappa shape index (κ1) is 16.3. The smallest absolute Gasteiger partial charge is 0.262 e. The van der Waals surface area contributed by atoms with Gasteiger partial charge in [-0.2, -0.15) is 0 Å². The van der Waals surface area contributed by atoms with Crippen molar-refractivity contribution in [1.29, 1.82) is 0 Å². The Labute approximate surface area is 132 Å². The van der Waals surface area contributed by atoms with E-state index >= 15 is 0 Å². The number of nitrogens with zero attached hydrogens (tertiary/aromatic N) is 1. The molecule has 0 saturated carbocycles. The summed E-state index contributed by atoms with van der Waals surface area (Å²) in [4.78, 5) is 13.9. The predicted molar refractivity (Wildman–Crippen MR) is 77.8 cm³/mol. The molecule has 0 bridgehead atoms. The summed E-state index contributed by atoms with van der Waals surface area (Å²) in [6.07, 6.45) is -0.835. The number of ether oxygens (including phenoxy) is 1. The van der Waals surface area contributed by atoms with Crippen molar-refractivity contribution in [3.05, 3.63) is 35.1 Å². The van der Waals surface area contributed by atoms with E-state index in [2.05, 4.69) is 5.32 Å². The third-order valence-electron chi connectivity index (χ3n) is 4.34. The molecule has 1 amide bonds. The molecule has 0 aliphatic carbocycles. The Morgan fingerprint density at radius 2 is 2.22 bits per heavy atom. The number of aryl methyl sites for hydroxylation is 1. The van der Waals surface area contributed by atoms with Crippen molar-refractivity contribution in [2.45, 2.75) is 31.4 Å². The molecule has 1 aromatic carbocycles. The van der Waals surface area contributed by atoms with E-state index in [1.165, 1.54) is 6.07 Å². The fourth-order valence-electron chi connectivity index (χ4n) is 3.03. The summed E-state index contributed by atoms with van der Waals surface area (Å²) in [5.74, 6) is -3.45. The van der Waals surface area contributed by atoms with Crippen molar-refractivity contribution in [2.24, 2.45) is 0 Å². The Kier molecular flexibility index (Phi) is 4.33. The average molecular weight is 328 g/mol. The van der Waals surface area contributed by atoms with E-state index in [4.69, 9.17) is 4.74 Å². The number of morpholine rings is 1. The number of rotatable bonds is 2.